The van der Waals surface area contributed by atoms with Gasteiger partial charge in [0.1, 0.15) is 11.6 Å². The number of benzene rings is 3. The third-order valence-corrected chi connectivity index (χ3v) is 7.09. The summed E-state index contributed by atoms with van der Waals surface area (Å²) in [6, 6.07) is 17.9. The van der Waals surface area contributed by atoms with Crippen molar-refractivity contribution in [3.63, 3.8) is 0 Å². The van der Waals surface area contributed by atoms with Gasteiger partial charge < -0.3 is 10.1 Å². The van der Waals surface area contributed by atoms with E-state index in [2.05, 4.69) is 4.98 Å². The lowest BCUT2D eigenvalue weighted by molar-refractivity contribution is -0.132. The maximum Gasteiger partial charge on any atom is 0.300 e. The molecule has 3 aromatic carbocycles. The summed E-state index contributed by atoms with van der Waals surface area (Å²) in [6.45, 7) is 0. The summed E-state index contributed by atoms with van der Waals surface area (Å²) in [5, 5.41) is 12.3. The highest BCUT2D eigenvalue weighted by molar-refractivity contribution is 6.51. The van der Waals surface area contributed by atoms with Crippen LogP contribution in [0.4, 0.5) is 10.1 Å². The van der Waals surface area contributed by atoms with Crippen LogP contribution in [0.2, 0.25) is 0 Å². The fourth-order valence-corrected chi connectivity index (χ4v) is 5.35. The van der Waals surface area contributed by atoms with Crippen LogP contribution in [-0.4, -0.2) is 21.8 Å². The quantitative estimate of drug-likeness (QED) is 0.227. The van der Waals surface area contributed by atoms with Gasteiger partial charge >= 0.3 is 0 Å². The average molecular weight is 467 g/mol. The molecule has 6 heteroatoms. The molecule has 2 aliphatic rings. The van der Waals surface area contributed by atoms with Crippen molar-refractivity contribution in [1.29, 1.82) is 0 Å². The lowest BCUT2D eigenvalue weighted by Crippen LogP contribution is -2.29. The van der Waals surface area contributed by atoms with Crippen LogP contribution in [0.25, 0.3) is 16.7 Å². The number of nitrogens with one attached hydrogen (secondary N) is 1. The van der Waals surface area contributed by atoms with Gasteiger partial charge in [-0.05, 0) is 73.2 Å². The molecule has 1 saturated heterocycles. The van der Waals surface area contributed by atoms with Crippen LogP contribution >= 0.6 is 0 Å². The second-order valence-electron chi connectivity index (χ2n) is 9.13. The number of amides is 1. The number of aliphatic hydroxyl groups excluding tert-OH is 1. The number of ketones is 1. The van der Waals surface area contributed by atoms with Crippen molar-refractivity contribution in [3.8, 4) is 0 Å². The number of carbonyl (C=O) groups is 2. The molecule has 35 heavy (non-hydrogen) atoms. The average Bonchev–Trinajstić information content (AvgIpc) is 3.42. The van der Waals surface area contributed by atoms with Gasteiger partial charge in [-0.25, -0.2) is 4.39 Å². The van der Waals surface area contributed by atoms with Crippen molar-refractivity contribution in [2.24, 2.45) is 0 Å². The van der Waals surface area contributed by atoms with Crippen molar-refractivity contribution in [2.75, 3.05) is 4.90 Å². The number of para-hydroxylation sites is 1. The van der Waals surface area contributed by atoms with E-state index in [0.29, 0.717) is 16.8 Å². The van der Waals surface area contributed by atoms with E-state index < -0.39 is 23.5 Å². The normalized spacial score (nSPS) is 19.3. The predicted octanol–water partition coefficient (Wildman–Crippen LogP) is 5.81. The van der Waals surface area contributed by atoms with Crippen molar-refractivity contribution < 1.29 is 19.1 Å². The zero-order valence-electron chi connectivity index (χ0n) is 18.9. The Morgan fingerprint density at radius 3 is 2.49 bits per heavy atom. The number of rotatable bonds is 3. The van der Waals surface area contributed by atoms with E-state index in [4.69, 9.17) is 0 Å². The number of hydrogen-bond acceptors (Lipinski definition) is 3. The Balaban J connectivity index is 1.57. The second-order valence-corrected chi connectivity index (χ2v) is 9.13. The largest absolute Gasteiger partial charge is 0.507 e. The Labute approximate surface area is 201 Å². The molecule has 0 saturated carbocycles. The molecule has 1 aliphatic heterocycles. The van der Waals surface area contributed by atoms with Crippen LogP contribution in [0.5, 0.6) is 0 Å². The molecular weight excluding hydrogens is 443 g/mol. The summed E-state index contributed by atoms with van der Waals surface area (Å²) in [5.41, 5.74) is 4.88. The summed E-state index contributed by atoms with van der Waals surface area (Å²) in [5.74, 6) is -2.16. The third kappa shape index (κ3) is 3.44. The van der Waals surface area contributed by atoms with E-state index in [1.807, 2.05) is 42.5 Å². The number of aryl methyl sites for hydroxylation is 2. The minimum absolute atomic E-state index is 0.0276. The molecule has 6 rings (SSSR count). The van der Waals surface area contributed by atoms with Gasteiger partial charge in [-0.2, -0.15) is 0 Å². The van der Waals surface area contributed by atoms with Gasteiger partial charge in [0.05, 0.1) is 11.6 Å². The van der Waals surface area contributed by atoms with Crippen LogP contribution in [0.15, 0.2) is 78.5 Å². The first-order valence-corrected chi connectivity index (χ1v) is 11.8. The number of nitrogens with zero attached hydrogens (tertiary/aromatic N) is 1. The number of halogens is 1. The van der Waals surface area contributed by atoms with Crippen LogP contribution in [0.1, 0.15) is 41.1 Å². The number of Topliss-reactive ketones (excluding diaryl/α,β-unsaturated/α-hetero) is 1. The van der Waals surface area contributed by atoms with Gasteiger partial charge in [-0.1, -0.05) is 30.3 Å². The number of hydrogen-bond donors (Lipinski definition) is 2. The molecule has 1 aliphatic carbocycles. The Bertz CT molecular complexity index is 1520. The van der Waals surface area contributed by atoms with Gasteiger partial charge in [0.25, 0.3) is 11.7 Å². The van der Waals surface area contributed by atoms with E-state index in [1.165, 1.54) is 34.7 Å². The molecule has 2 N–H and O–H groups in total. The molecular formula is C29H23FN2O3. The Kier molecular flexibility index (Phi) is 5.02. The zero-order valence-corrected chi connectivity index (χ0v) is 18.9. The molecule has 1 fully saturated rings. The van der Waals surface area contributed by atoms with Crippen molar-refractivity contribution in [3.05, 3.63) is 107 Å². The lowest BCUT2D eigenvalue weighted by Gasteiger charge is -2.25. The summed E-state index contributed by atoms with van der Waals surface area (Å²) in [7, 11) is 0. The number of aromatic amines is 1. The van der Waals surface area contributed by atoms with E-state index in [9.17, 15) is 19.1 Å². The van der Waals surface area contributed by atoms with Crippen LogP contribution < -0.4 is 4.90 Å². The van der Waals surface area contributed by atoms with Gasteiger partial charge in [0.15, 0.2) is 0 Å². The number of aromatic nitrogens is 1. The topological polar surface area (TPSA) is 73.4 Å². The molecule has 174 valence electrons. The fourth-order valence-electron chi connectivity index (χ4n) is 5.35. The molecule has 1 unspecified atom stereocenters. The fraction of sp³-hybridized carbons (Fsp3) is 0.172. The SMILES string of the molecule is O=C1C(=O)N(c2ccc(F)cc2)C(c2c[nH]c3ccccc23)/C1=C(\O)c1ccc2c(c1)CCCC2. The molecule has 0 radical (unpaired) electrons. The van der Waals surface area contributed by atoms with E-state index in [1.54, 1.807) is 6.20 Å². The maximum atomic E-state index is 13.7. The molecule has 5 nitrogen and oxygen atoms in total. The molecule has 0 spiro atoms. The van der Waals surface area contributed by atoms with Crippen molar-refractivity contribution in [2.45, 2.75) is 31.7 Å². The number of fused-ring (bicyclic) bond motifs is 2. The zero-order chi connectivity index (χ0) is 24.1. The standard InChI is InChI=1S/C29H23FN2O3/c30-20-11-13-21(14-12-20)32-26(23-16-31-24-8-4-3-7-22(23)24)25(28(34)29(32)35)27(33)19-10-9-17-5-1-2-6-18(17)15-19/h3-4,7-16,26,31,33H,1-2,5-6H2/b27-25+. The molecule has 0 bridgehead atoms. The number of anilines is 1. The van der Waals surface area contributed by atoms with Gasteiger partial charge in [-0.15, -0.1) is 0 Å². The highest BCUT2D eigenvalue weighted by Gasteiger charge is 2.47. The van der Waals surface area contributed by atoms with E-state index >= 15 is 0 Å². The summed E-state index contributed by atoms with van der Waals surface area (Å²) >= 11 is 0. The van der Waals surface area contributed by atoms with Crippen LogP contribution in [0.3, 0.4) is 0 Å². The highest BCUT2D eigenvalue weighted by atomic mass is 19.1. The smallest absolute Gasteiger partial charge is 0.300 e. The predicted molar refractivity (Wildman–Crippen MR) is 133 cm³/mol. The first kappa shape index (κ1) is 21.4. The Morgan fingerprint density at radius 1 is 0.943 bits per heavy atom. The lowest BCUT2D eigenvalue weighted by atomic mass is 9.88. The minimum Gasteiger partial charge on any atom is -0.507 e. The summed E-state index contributed by atoms with van der Waals surface area (Å²) in [4.78, 5) is 31.3. The van der Waals surface area contributed by atoms with Crippen LogP contribution in [-0.2, 0) is 22.4 Å². The van der Waals surface area contributed by atoms with Gasteiger partial charge in [-0.3, -0.25) is 14.5 Å². The van der Waals surface area contributed by atoms with Crippen LogP contribution in [0, 0.1) is 5.82 Å². The van der Waals surface area contributed by atoms with Crippen molar-refractivity contribution >= 4 is 34.0 Å². The minimum atomic E-state index is -0.868. The first-order chi connectivity index (χ1) is 17.0. The highest BCUT2D eigenvalue weighted by Crippen LogP contribution is 2.44. The second kappa shape index (κ2) is 8.24. The maximum absolute atomic E-state index is 13.7. The molecule has 1 amide bonds. The summed E-state index contributed by atoms with van der Waals surface area (Å²) < 4.78 is 13.7. The number of aliphatic hydroxyl groups is 1. The monoisotopic (exact) mass is 466 g/mol. The Morgan fingerprint density at radius 2 is 1.69 bits per heavy atom. The first-order valence-electron chi connectivity index (χ1n) is 11.8. The molecule has 2 heterocycles. The number of H-pyrrole nitrogens is 1. The van der Waals surface area contributed by atoms with Crippen molar-refractivity contribution in [1.82, 2.24) is 4.98 Å². The van der Waals surface area contributed by atoms with E-state index in [0.717, 1.165) is 42.1 Å². The molecule has 4 aromatic rings. The molecule has 1 atom stereocenters. The van der Waals surface area contributed by atoms with Gasteiger partial charge in [0.2, 0.25) is 0 Å². The molecule has 1 aromatic heterocycles. The summed E-state index contributed by atoms with van der Waals surface area (Å²) in [6.07, 6.45) is 5.91. The number of carbonyl (C=O) groups excluding carboxylic acids is 2. The van der Waals surface area contributed by atoms with Gasteiger partial charge in [0, 0.05) is 33.9 Å². The third-order valence-electron chi connectivity index (χ3n) is 7.09. The Hall–Kier alpha value is -4.19. The van der Waals surface area contributed by atoms with E-state index in [-0.39, 0.29) is 11.3 Å².